The molecule has 3 heterocycles. The van der Waals surface area contributed by atoms with E-state index in [9.17, 15) is 4.79 Å². The number of carbonyl (C=O) groups excluding carboxylic acids is 1. The highest BCUT2D eigenvalue weighted by atomic mass is 79.9. The number of methoxy groups -OCH3 is 1. The summed E-state index contributed by atoms with van der Waals surface area (Å²) in [4.78, 5) is 26.4. The van der Waals surface area contributed by atoms with Crippen molar-refractivity contribution in [3.63, 3.8) is 0 Å². The highest BCUT2D eigenvalue weighted by molar-refractivity contribution is 9.10. The van der Waals surface area contributed by atoms with Crippen LogP contribution in [0.2, 0.25) is 0 Å². The molecule has 0 aromatic carbocycles. The Morgan fingerprint density at radius 3 is 2.83 bits per heavy atom. The average molecular weight is 379 g/mol. The SMILES string of the molecule is COc1cncc(OC2CCN(C(=O)c3cncc(Br)c3)C2)n1. The van der Waals surface area contributed by atoms with Crippen LogP contribution in [0.3, 0.4) is 0 Å². The number of rotatable bonds is 4. The smallest absolute Gasteiger partial charge is 0.255 e. The van der Waals surface area contributed by atoms with E-state index in [0.717, 1.165) is 10.9 Å². The van der Waals surface area contributed by atoms with Gasteiger partial charge in [0.05, 0.1) is 31.6 Å². The molecular weight excluding hydrogens is 364 g/mol. The summed E-state index contributed by atoms with van der Waals surface area (Å²) >= 11 is 3.32. The third-order valence-corrected chi connectivity index (χ3v) is 3.90. The second kappa shape index (κ2) is 6.91. The van der Waals surface area contributed by atoms with Gasteiger partial charge in [-0.1, -0.05) is 0 Å². The van der Waals surface area contributed by atoms with E-state index in [0.29, 0.717) is 30.4 Å². The maximum Gasteiger partial charge on any atom is 0.255 e. The van der Waals surface area contributed by atoms with E-state index in [-0.39, 0.29) is 12.0 Å². The van der Waals surface area contributed by atoms with Crippen LogP contribution >= 0.6 is 15.9 Å². The molecule has 3 rings (SSSR count). The number of hydrogen-bond donors (Lipinski definition) is 0. The molecule has 1 aliphatic heterocycles. The van der Waals surface area contributed by atoms with E-state index < -0.39 is 0 Å². The van der Waals surface area contributed by atoms with Gasteiger partial charge in [0.1, 0.15) is 6.10 Å². The molecule has 1 saturated heterocycles. The van der Waals surface area contributed by atoms with E-state index in [1.165, 1.54) is 19.5 Å². The van der Waals surface area contributed by atoms with E-state index in [4.69, 9.17) is 9.47 Å². The summed E-state index contributed by atoms with van der Waals surface area (Å²) in [6.07, 6.45) is 6.89. The zero-order valence-corrected chi connectivity index (χ0v) is 14.1. The third kappa shape index (κ3) is 3.76. The predicted molar refractivity (Wildman–Crippen MR) is 85.5 cm³/mol. The first-order valence-electron chi connectivity index (χ1n) is 7.08. The van der Waals surface area contributed by atoms with Crippen LogP contribution in [-0.4, -0.2) is 52.1 Å². The molecule has 1 fully saturated rings. The minimum absolute atomic E-state index is 0.0540. The van der Waals surface area contributed by atoms with E-state index >= 15 is 0 Å². The van der Waals surface area contributed by atoms with Crippen molar-refractivity contribution in [3.05, 3.63) is 40.9 Å². The van der Waals surface area contributed by atoms with Gasteiger partial charge in [-0.2, -0.15) is 4.98 Å². The van der Waals surface area contributed by atoms with Crippen molar-refractivity contribution in [1.29, 1.82) is 0 Å². The fourth-order valence-electron chi connectivity index (χ4n) is 2.38. The Bertz CT molecular complexity index is 713. The van der Waals surface area contributed by atoms with Crippen molar-refractivity contribution in [2.45, 2.75) is 12.5 Å². The largest absolute Gasteiger partial charge is 0.480 e. The van der Waals surface area contributed by atoms with Crippen LogP contribution < -0.4 is 9.47 Å². The third-order valence-electron chi connectivity index (χ3n) is 3.47. The summed E-state index contributed by atoms with van der Waals surface area (Å²) in [7, 11) is 1.52. The molecule has 2 aromatic rings. The quantitative estimate of drug-likeness (QED) is 0.808. The van der Waals surface area contributed by atoms with Gasteiger partial charge in [0, 0.05) is 29.8 Å². The molecule has 120 valence electrons. The fraction of sp³-hybridized carbons (Fsp3) is 0.333. The second-order valence-corrected chi connectivity index (χ2v) is 5.99. The molecule has 1 atom stereocenters. The lowest BCUT2D eigenvalue weighted by Crippen LogP contribution is -2.31. The van der Waals surface area contributed by atoms with Gasteiger partial charge in [-0.05, 0) is 22.0 Å². The summed E-state index contributed by atoms with van der Waals surface area (Å²) in [5.74, 6) is 0.739. The molecule has 1 amide bonds. The maximum atomic E-state index is 12.5. The number of carbonyl (C=O) groups is 1. The van der Waals surface area contributed by atoms with Crippen molar-refractivity contribution >= 4 is 21.8 Å². The van der Waals surface area contributed by atoms with Crippen LogP contribution in [0.15, 0.2) is 35.3 Å². The first-order chi connectivity index (χ1) is 11.2. The predicted octanol–water partition coefficient (Wildman–Crippen LogP) is 1.94. The Morgan fingerprint density at radius 1 is 1.26 bits per heavy atom. The van der Waals surface area contributed by atoms with E-state index in [1.54, 1.807) is 23.4 Å². The lowest BCUT2D eigenvalue weighted by Gasteiger charge is -2.17. The molecule has 0 aliphatic carbocycles. The topological polar surface area (TPSA) is 77.4 Å². The number of pyridine rings is 1. The zero-order valence-electron chi connectivity index (χ0n) is 12.5. The van der Waals surface area contributed by atoms with Crippen molar-refractivity contribution in [2.24, 2.45) is 0 Å². The van der Waals surface area contributed by atoms with E-state index in [2.05, 4.69) is 30.9 Å². The van der Waals surface area contributed by atoms with Crippen molar-refractivity contribution in [1.82, 2.24) is 19.9 Å². The van der Waals surface area contributed by atoms with Gasteiger partial charge in [0.2, 0.25) is 11.8 Å². The number of likely N-dealkylation sites (tertiary alicyclic amines) is 1. The summed E-state index contributed by atoms with van der Waals surface area (Å²) in [6, 6.07) is 1.76. The maximum absolute atomic E-state index is 12.5. The minimum atomic E-state index is -0.111. The molecule has 0 spiro atoms. The van der Waals surface area contributed by atoms with Crippen LogP contribution in [0, 0.1) is 0 Å². The molecule has 1 aliphatic rings. The second-order valence-electron chi connectivity index (χ2n) is 5.07. The Hall–Kier alpha value is -2.22. The molecule has 0 radical (unpaired) electrons. The van der Waals surface area contributed by atoms with Gasteiger partial charge in [-0.3, -0.25) is 14.8 Å². The Kier molecular flexibility index (Phi) is 4.71. The Labute approximate surface area is 141 Å². The van der Waals surface area contributed by atoms with Crippen molar-refractivity contribution in [2.75, 3.05) is 20.2 Å². The number of nitrogens with zero attached hydrogens (tertiary/aromatic N) is 4. The van der Waals surface area contributed by atoms with Gasteiger partial charge in [-0.15, -0.1) is 0 Å². The molecule has 0 saturated carbocycles. The molecule has 0 N–H and O–H groups in total. The summed E-state index contributed by atoms with van der Waals surface area (Å²) in [5.41, 5.74) is 0.557. The highest BCUT2D eigenvalue weighted by Crippen LogP contribution is 2.20. The van der Waals surface area contributed by atoms with Gasteiger partial charge in [0.25, 0.3) is 5.91 Å². The van der Waals surface area contributed by atoms with Crippen LogP contribution in [0.25, 0.3) is 0 Å². The van der Waals surface area contributed by atoms with Crippen LogP contribution in [0.1, 0.15) is 16.8 Å². The molecule has 0 bridgehead atoms. The number of halogens is 1. The first kappa shape index (κ1) is 15.7. The van der Waals surface area contributed by atoms with Gasteiger partial charge >= 0.3 is 0 Å². The lowest BCUT2D eigenvalue weighted by molar-refractivity contribution is 0.0770. The number of hydrogen-bond acceptors (Lipinski definition) is 6. The van der Waals surface area contributed by atoms with Crippen LogP contribution in [0.4, 0.5) is 0 Å². The van der Waals surface area contributed by atoms with Crippen LogP contribution in [0.5, 0.6) is 11.8 Å². The van der Waals surface area contributed by atoms with Crippen molar-refractivity contribution < 1.29 is 14.3 Å². The normalized spacial score (nSPS) is 17.1. The minimum Gasteiger partial charge on any atom is -0.480 e. The van der Waals surface area contributed by atoms with Crippen molar-refractivity contribution in [3.8, 4) is 11.8 Å². The number of ether oxygens (including phenoxy) is 2. The lowest BCUT2D eigenvalue weighted by atomic mass is 10.2. The summed E-state index contributed by atoms with van der Waals surface area (Å²) in [5, 5.41) is 0. The molecule has 1 unspecified atom stereocenters. The standard InChI is InChI=1S/C15H15BrN4O3/c1-22-13-7-18-8-14(19-13)23-12-2-3-20(9-12)15(21)10-4-11(16)6-17-5-10/h4-8,12H,2-3,9H2,1H3. The fourth-order valence-corrected chi connectivity index (χ4v) is 2.74. The van der Waals surface area contributed by atoms with E-state index in [1.807, 2.05) is 0 Å². The monoisotopic (exact) mass is 378 g/mol. The first-order valence-corrected chi connectivity index (χ1v) is 7.87. The Balaban J connectivity index is 1.63. The molecule has 23 heavy (non-hydrogen) atoms. The number of aromatic nitrogens is 3. The average Bonchev–Trinajstić information content (AvgIpc) is 3.03. The molecule has 7 nitrogen and oxygen atoms in total. The summed E-state index contributed by atoms with van der Waals surface area (Å²) in [6.45, 7) is 1.14. The number of amides is 1. The summed E-state index contributed by atoms with van der Waals surface area (Å²) < 4.78 is 11.6. The zero-order chi connectivity index (χ0) is 16.2. The molecular formula is C15H15BrN4O3. The molecule has 8 heteroatoms. The Morgan fingerprint density at radius 2 is 2.04 bits per heavy atom. The van der Waals surface area contributed by atoms with Gasteiger partial charge < -0.3 is 14.4 Å². The molecule has 2 aromatic heterocycles. The van der Waals surface area contributed by atoms with Crippen LogP contribution in [-0.2, 0) is 0 Å². The highest BCUT2D eigenvalue weighted by Gasteiger charge is 2.29. The van der Waals surface area contributed by atoms with Gasteiger partial charge in [-0.25, -0.2) is 0 Å². The van der Waals surface area contributed by atoms with Gasteiger partial charge in [0.15, 0.2) is 0 Å².